The summed E-state index contributed by atoms with van der Waals surface area (Å²) in [4.78, 5) is 36.3. The summed E-state index contributed by atoms with van der Waals surface area (Å²) in [5, 5.41) is 2.68. The van der Waals surface area contributed by atoms with Crippen LogP contribution in [0.2, 0.25) is 0 Å². The molecule has 2 rings (SSSR count). The molecule has 1 aliphatic rings. The van der Waals surface area contributed by atoms with Crippen LogP contribution in [0.5, 0.6) is 0 Å². The van der Waals surface area contributed by atoms with Gasteiger partial charge >= 0.3 is 12.1 Å². The van der Waals surface area contributed by atoms with Crippen LogP contribution in [0.25, 0.3) is 0 Å². The lowest BCUT2D eigenvalue weighted by Crippen LogP contribution is -2.21. The van der Waals surface area contributed by atoms with E-state index in [0.717, 1.165) is 0 Å². The summed E-state index contributed by atoms with van der Waals surface area (Å²) >= 11 is 0. The third-order valence-corrected chi connectivity index (χ3v) is 3.36. The number of para-hydroxylation sites is 1. The van der Waals surface area contributed by atoms with Crippen LogP contribution in [0, 0.1) is 0 Å². The zero-order valence-electron chi connectivity index (χ0n) is 12.5. The molecule has 0 bridgehead atoms. The smallest absolute Gasteiger partial charge is 0.409 e. The van der Waals surface area contributed by atoms with Gasteiger partial charge in [0.25, 0.3) is 0 Å². The molecule has 0 aliphatic carbocycles. The number of methoxy groups -OCH3 is 1. The van der Waals surface area contributed by atoms with Gasteiger partial charge in [-0.25, -0.2) is 9.59 Å². The van der Waals surface area contributed by atoms with Crippen molar-refractivity contribution in [1.29, 1.82) is 0 Å². The molecule has 0 aromatic heterocycles. The quantitative estimate of drug-likeness (QED) is 0.836. The molecule has 1 fully saturated rings. The van der Waals surface area contributed by atoms with Crippen LogP contribution in [0.4, 0.5) is 10.5 Å². The number of nitrogens with zero attached hydrogens (tertiary/aromatic N) is 1. The Bertz CT molecular complexity index is 587. The summed E-state index contributed by atoms with van der Waals surface area (Å²) in [5.41, 5.74) is 0.699. The fourth-order valence-electron chi connectivity index (χ4n) is 2.18. The van der Waals surface area contributed by atoms with Crippen molar-refractivity contribution >= 4 is 23.7 Å². The molecule has 1 aromatic rings. The van der Waals surface area contributed by atoms with E-state index in [2.05, 4.69) is 10.1 Å². The second kappa shape index (κ2) is 6.93. The van der Waals surface area contributed by atoms with Gasteiger partial charge < -0.3 is 19.7 Å². The average molecular weight is 306 g/mol. The van der Waals surface area contributed by atoms with E-state index in [0.29, 0.717) is 24.2 Å². The van der Waals surface area contributed by atoms with Crippen LogP contribution in [-0.2, 0) is 14.3 Å². The first kappa shape index (κ1) is 15.8. The average Bonchev–Trinajstić information content (AvgIpc) is 2.83. The van der Waals surface area contributed by atoms with E-state index in [1.54, 1.807) is 31.3 Å². The second-order valence-electron chi connectivity index (χ2n) is 5.01. The molecule has 1 aromatic carbocycles. The number of esters is 1. The monoisotopic (exact) mass is 306 g/mol. The molecule has 0 radical (unpaired) electrons. The van der Waals surface area contributed by atoms with E-state index in [-0.39, 0.29) is 24.5 Å². The maximum absolute atomic E-state index is 12.0. The largest absolute Gasteiger partial charge is 0.465 e. The van der Waals surface area contributed by atoms with Crippen molar-refractivity contribution in [1.82, 2.24) is 4.90 Å². The number of hydrogen-bond acceptors (Lipinski definition) is 5. The number of likely N-dealkylation sites (N-methyl/N-ethyl adjacent to an activating group) is 1. The van der Waals surface area contributed by atoms with E-state index in [9.17, 15) is 14.4 Å². The first-order chi connectivity index (χ1) is 10.5. The summed E-state index contributed by atoms with van der Waals surface area (Å²) in [6, 6.07) is 6.62. The number of amides is 2. The van der Waals surface area contributed by atoms with E-state index >= 15 is 0 Å². The standard InChI is InChI=1S/C15H18N2O5/c1-17-9-10(22-15(17)20)7-8-13(18)16-12-6-4-3-5-11(12)14(19)21-2/h3-6,10H,7-9H2,1-2H3,(H,16,18). The fourth-order valence-corrected chi connectivity index (χ4v) is 2.18. The van der Waals surface area contributed by atoms with Gasteiger partial charge in [0.05, 0.1) is 24.9 Å². The zero-order valence-corrected chi connectivity index (χ0v) is 12.5. The zero-order chi connectivity index (χ0) is 16.1. The molecule has 0 saturated carbocycles. The normalized spacial score (nSPS) is 17.1. The van der Waals surface area contributed by atoms with Crippen LogP contribution in [0.1, 0.15) is 23.2 Å². The Labute approximate surface area is 128 Å². The van der Waals surface area contributed by atoms with Crippen molar-refractivity contribution in [2.24, 2.45) is 0 Å². The highest BCUT2D eigenvalue weighted by molar-refractivity contribution is 6.01. The summed E-state index contributed by atoms with van der Waals surface area (Å²) in [7, 11) is 2.93. The molecule has 22 heavy (non-hydrogen) atoms. The van der Waals surface area contributed by atoms with Crippen molar-refractivity contribution in [2.75, 3.05) is 26.0 Å². The lowest BCUT2D eigenvalue weighted by atomic mass is 10.1. The number of rotatable bonds is 5. The van der Waals surface area contributed by atoms with Crippen LogP contribution < -0.4 is 5.32 Å². The van der Waals surface area contributed by atoms with Gasteiger partial charge in [0, 0.05) is 13.5 Å². The molecule has 1 atom stereocenters. The van der Waals surface area contributed by atoms with Crippen molar-refractivity contribution in [3.63, 3.8) is 0 Å². The number of carbonyl (C=O) groups is 3. The van der Waals surface area contributed by atoms with Crippen molar-refractivity contribution < 1.29 is 23.9 Å². The Balaban J connectivity index is 1.90. The van der Waals surface area contributed by atoms with Crippen LogP contribution >= 0.6 is 0 Å². The molecule has 1 heterocycles. The lowest BCUT2D eigenvalue weighted by molar-refractivity contribution is -0.116. The summed E-state index contributed by atoms with van der Waals surface area (Å²) in [6.07, 6.45) is -0.0237. The topological polar surface area (TPSA) is 84.9 Å². The number of carbonyl (C=O) groups excluding carboxylic acids is 3. The third-order valence-electron chi connectivity index (χ3n) is 3.36. The van der Waals surface area contributed by atoms with Gasteiger partial charge in [-0.05, 0) is 18.6 Å². The molecule has 1 unspecified atom stereocenters. The molecule has 2 amide bonds. The fraction of sp³-hybridized carbons (Fsp3) is 0.400. The van der Waals surface area contributed by atoms with Crippen LogP contribution in [0.15, 0.2) is 24.3 Å². The summed E-state index contributed by atoms with van der Waals surface area (Å²) in [5.74, 6) is -0.760. The molecule has 1 aliphatic heterocycles. The number of hydrogen-bond donors (Lipinski definition) is 1. The number of ether oxygens (including phenoxy) is 2. The van der Waals surface area contributed by atoms with Gasteiger partial charge in [-0.2, -0.15) is 0 Å². The SMILES string of the molecule is COC(=O)c1ccccc1NC(=O)CCC1CN(C)C(=O)O1. The Hall–Kier alpha value is -2.57. The number of anilines is 1. The van der Waals surface area contributed by atoms with Crippen LogP contribution in [-0.4, -0.2) is 49.7 Å². The number of cyclic esters (lactones) is 1. The predicted octanol–water partition coefficient (Wildman–Crippen LogP) is 1.64. The van der Waals surface area contributed by atoms with E-state index in [1.807, 2.05) is 0 Å². The molecule has 7 nitrogen and oxygen atoms in total. The van der Waals surface area contributed by atoms with E-state index < -0.39 is 5.97 Å². The van der Waals surface area contributed by atoms with Gasteiger partial charge in [-0.3, -0.25) is 4.79 Å². The Kier molecular flexibility index (Phi) is 4.98. The van der Waals surface area contributed by atoms with Crippen molar-refractivity contribution in [3.05, 3.63) is 29.8 Å². The van der Waals surface area contributed by atoms with E-state index in [1.165, 1.54) is 12.0 Å². The van der Waals surface area contributed by atoms with Gasteiger partial charge in [0.15, 0.2) is 0 Å². The highest BCUT2D eigenvalue weighted by atomic mass is 16.6. The molecule has 1 N–H and O–H groups in total. The van der Waals surface area contributed by atoms with Crippen LogP contribution in [0.3, 0.4) is 0 Å². The van der Waals surface area contributed by atoms with Crippen molar-refractivity contribution in [3.8, 4) is 0 Å². The maximum Gasteiger partial charge on any atom is 0.409 e. The molecule has 118 valence electrons. The minimum absolute atomic E-state index is 0.196. The summed E-state index contributed by atoms with van der Waals surface area (Å²) in [6.45, 7) is 0.477. The van der Waals surface area contributed by atoms with Crippen molar-refractivity contribution in [2.45, 2.75) is 18.9 Å². The second-order valence-corrected chi connectivity index (χ2v) is 5.01. The maximum atomic E-state index is 12.0. The Morgan fingerprint density at radius 2 is 2.14 bits per heavy atom. The van der Waals surface area contributed by atoms with Gasteiger partial charge in [-0.15, -0.1) is 0 Å². The molecule has 1 saturated heterocycles. The minimum atomic E-state index is -0.512. The lowest BCUT2D eigenvalue weighted by Gasteiger charge is -2.11. The Morgan fingerprint density at radius 3 is 2.77 bits per heavy atom. The molecule has 7 heteroatoms. The Morgan fingerprint density at radius 1 is 1.41 bits per heavy atom. The van der Waals surface area contributed by atoms with Gasteiger partial charge in [0.2, 0.25) is 5.91 Å². The highest BCUT2D eigenvalue weighted by Gasteiger charge is 2.28. The third kappa shape index (κ3) is 3.75. The predicted molar refractivity (Wildman–Crippen MR) is 78.5 cm³/mol. The number of benzene rings is 1. The van der Waals surface area contributed by atoms with Gasteiger partial charge in [0.1, 0.15) is 6.10 Å². The first-order valence-electron chi connectivity index (χ1n) is 6.90. The number of nitrogens with one attached hydrogen (secondary N) is 1. The highest BCUT2D eigenvalue weighted by Crippen LogP contribution is 2.18. The first-order valence-corrected chi connectivity index (χ1v) is 6.90. The molecule has 0 spiro atoms. The minimum Gasteiger partial charge on any atom is -0.465 e. The molecular formula is C15H18N2O5. The van der Waals surface area contributed by atoms with E-state index in [4.69, 9.17) is 4.74 Å². The van der Waals surface area contributed by atoms with Gasteiger partial charge in [-0.1, -0.05) is 12.1 Å². The summed E-state index contributed by atoms with van der Waals surface area (Å²) < 4.78 is 9.76. The molecular weight excluding hydrogens is 288 g/mol.